The molecule has 1 aromatic rings. The monoisotopic (exact) mass is 329 g/mol. The highest BCUT2D eigenvalue weighted by Crippen LogP contribution is 2.23. The van der Waals surface area contributed by atoms with Crippen molar-refractivity contribution < 1.29 is 19.4 Å². The highest BCUT2D eigenvalue weighted by Gasteiger charge is 2.11. The number of halogens is 1. The van der Waals surface area contributed by atoms with Gasteiger partial charge >= 0.3 is 5.97 Å². The minimum Gasteiger partial charge on any atom is -0.496 e. The third-order valence-corrected chi connectivity index (χ3v) is 3.00. The van der Waals surface area contributed by atoms with Gasteiger partial charge in [0.2, 0.25) is 0 Å². The van der Waals surface area contributed by atoms with E-state index in [2.05, 4.69) is 21.2 Å². The van der Waals surface area contributed by atoms with E-state index >= 15 is 0 Å². The van der Waals surface area contributed by atoms with Gasteiger partial charge in [-0.15, -0.1) is 0 Å². The quantitative estimate of drug-likeness (QED) is 0.753. The Hall–Kier alpha value is -1.56. The summed E-state index contributed by atoms with van der Waals surface area (Å²) < 4.78 is 5.97. The molecule has 2 N–H and O–H groups in total. The minimum atomic E-state index is -0.819. The molecule has 104 valence electrons. The Kier molecular flexibility index (Phi) is 6.35. The van der Waals surface area contributed by atoms with Crippen LogP contribution in [0.5, 0.6) is 5.75 Å². The molecule has 0 bridgehead atoms. The van der Waals surface area contributed by atoms with Gasteiger partial charge in [-0.2, -0.15) is 0 Å². The number of unbranched alkanes of at least 4 members (excludes halogenated alkanes) is 1. The maximum Gasteiger partial charge on any atom is 0.303 e. The molecule has 0 aliphatic rings. The molecule has 0 saturated carbocycles. The number of methoxy groups -OCH3 is 1. The van der Waals surface area contributed by atoms with Crippen LogP contribution in [0.15, 0.2) is 22.7 Å². The van der Waals surface area contributed by atoms with Crippen molar-refractivity contribution in [2.75, 3.05) is 13.7 Å². The van der Waals surface area contributed by atoms with Crippen molar-refractivity contribution in [3.05, 3.63) is 28.2 Å². The zero-order chi connectivity index (χ0) is 14.3. The van der Waals surface area contributed by atoms with Crippen molar-refractivity contribution in [3.63, 3.8) is 0 Å². The Morgan fingerprint density at radius 3 is 2.74 bits per heavy atom. The summed E-state index contributed by atoms with van der Waals surface area (Å²) in [5.74, 6) is -0.544. The molecule has 1 amide bonds. The van der Waals surface area contributed by atoms with Gasteiger partial charge in [0.25, 0.3) is 5.91 Å². The molecule has 1 rings (SSSR count). The lowest BCUT2D eigenvalue weighted by molar-refractivity contribution is -0.137. The SMILES string of the molecule is COc1cc(Br)ccc1C(=O)NCCCCC(=O)O. The summed E-state index contributed by atoms with van der Waals surface area (Å²) >= 11 is 3.31. The van der Waals surface area contributed by atoms with Crippen molar-refractivity contribution in [1.29, 1.82) is 0 Å². The lowest BCUT2D eigenvalue weighted by Crippen LogP contribution is -2.25. The van der Waals surface area contributed by atoms with Crippen molar-refractivity contribution in [1.82, 2.24) is 5.32 Å². The molecule has 0 aliphatic carbocycles. The van der Waals surface area contributed by atoms with Crippen LogP contribution < -0.4 is 10.1 Å². The number of hydrogen-bond acceptors (Lipinski definition) is 3. The Morgan fingerprint density at radius 1 is 1.37 bits per heavy atom. The largest absolute Gasteiger partial charge is 0.496 e. The smallest absolute Gasteiger partial charge is 0.303 e. The molecule has 19 heavy (non-hydrogen) atoms. The standard InChI is InChI=1S/C13H16BrNO4/c1-19-11-8-9(14)5-6-10(11)13(18)15-7-3-2-4-12(16)17/h5-6,8H,2-4,7H2,1H3,(H,15,18)(H,16,17). The van der Waals surface area contributed by atoms with Crippen LogP contribution in [0.2, 0.25) is 0 Å². The molecular formula is C13H16BrNO4. The number of hydrogen-bond donors (Lipinski definition) is 2. The topological polar surface area (TPSA) is 75.6 Å². The molecule has 0 heterocycles. The Balaban J connectivity index is 2.47. The minimum absolute atomic E-state index is 0.122. The molecule has 0 radical (unpaired) electrons. The number of carbonyl (C=O) groups excluding carboxylic acids is 1. The normalized spacial score (nSPS) is 10.0. The first-order valence-electron chi connectivity index (χ1n) is 5.88. The van der Waals surface area contributed by atoms with Crippen LogP contribution in [0.25, 0.3) is 0 Å². The number of carbonyl (C=O) groups is 2. The van der Waals surface area contributed by atoms with Gasteiger partial charge in [0.05, 0.1) is 12.7 Å². The van der Waals surface area contributed by atoms with Crippen LogP contribution in [0.4, 0.5) is 0 Å². The van der Waals surface area contributed by atoms with E-state index in [1.54, 1.807) is 18.2 Å². The van der Waals surface area contributed by atoms with Gasteiger partial charge < -0.3 is 15.2 Å². The van der Waals surface area contributed by atoms with Crippen molar-refractivity contribution in [3.8, 4) is 5.75 Å². The van der Waals surface area contributed by atoms with E-state index < -0.39 is 5.97 Å². The Morgan fingerprint density at radius 2 is 2.11 bits per heavy atom. The molecule has 0 unspecified atom stereocenters. The first-order chi connectivity index (χ1) is 9.04. The van der Waals surface area contributed by atoms with E-state index in [1.807, 2.05) is 0 Å². The van der Waals surface area contributed by atoms with Crippen molar-refractivity contribution in [2.24, 2.45) is 0 Å². The number of rotatable bonds is 7. The van der Waals surface area contributed by atoms with E-state index in [0.29, 0.717) is 30.7 Å². The summed E-state index contributed by atoms with van der Waals surface area (Å²) in [4.78, 5) is 22.2. The van der Waals surface area contributed by atoms with Crippen LogP contribution in [0, 0.1) is 0 Å². The summed E-state index contributed by atoms with van der Waals surface area (Å²) in [6, 6.07) is 5.16. The zero-order valence-corrected chi connectivity index (χ0v) is 12.2. The first kappa shape index (κ1) is 15.5. The van der Waals surface area contributed by atoms with Crippen LogP contribution in [0.1, 0.15) is 29.6 Å². The highest BCUT2D eigenvalue weighted by atomic mass is 79.9. The first-order valence-corrected chi connectivity index (χ1v) is 6.67. The van der Waals surface area contributed by atoms with Crippen LogP contribution >= 0.6 is 15.9 Å². The second kappa shape index (κ2) is 7.78. The van der Waals surface area contributed by atoms with Gasteiger partial charge in [0, 0.05) is 17.4 Å². The van der Waals surface area contributed by atoms with Gasteiger partial charge in [0.1, 0.15) is 5.75 Å². The van der Waals surface area contributed by atoms with Gasteiger partial charge in [-0.25, -0.2) is 0 Å². The number of nitrogens with one attached hydrogen (secondary N) is 1. The second-order valence-electron chi connectivity index (χ2n) is 3.95. The summed E-state index contributed by atoms with van der Waals surface area (Å²) in [5, 5.41) is 11.2. The van der Waals surface area contributed by atoms with Crippen LogP contribution in [-0.4, -0.2) is 30.6 Å². The molecule has 5 nitrogen and oxygen atoms in total. The third-order valence-electron chi connectivity index (χ3n) is 2.51. The second-order valence-corrected chi connectivity index (χ2v) is 4.87. The fraction of sp³-hybridized carbons (Fsp3) is 0.385. The van der Waals surface area contributed by atoms with E-state index in [4.69, 9.17) is 9.84 Å². The summed E-state index contributed by atoms with van der Waals surface area (Å²) in [6.45, 7) is 0.450. The fourth-order valence-electron chi connectivity index (χ4n) is 1.55. The predicted molar refractivity (Wildman–Crippen MR) is 74.5 cm³/mol. The summed E-state index contributed by atoms with van der Waals surface area (Å²) in [5.41, 5.74) is 0.462. The number of carboxylic acids is 1. The number of ether oxygens (including phenoxy) is 1. The van der Waals surface area contributed by atoms with E-state index in [0.717, 1.165) is 4.47 Å². The average molecular weight is 330 g/mol. The predicted octanol–water partition coefficient (Wildman–Crippen LogP) is 2.44. The molecule has 0 atom stereocenters. The summed E-state index contributed by atoms with van der Waals surface area (Å²) in [6.07, 6.45) is 1.31. The van der Waals surface area contributed by atoms with Crippen LogP contribution in [0.3, 0.4) is 0 Å². The van der Waals surface area contributed by atoms with Gasteiger partial charge in [-0.3, -0.25) is 9.59 Å². The zero-order valence-electron chi connectivity index (χ0n) is 10.6. The maximum absolute atomic E-state index is 11.9. The number of carboxylic acid groups (broad SMARTS) is 1. The van der Waals surface area contributed by atoms with E-state index in [-0.39, 0.29) is 12.3 Å². The molecule has 0 fully saturated rings. The van der Waals surface area contributed by atoms with Crippen molar-refractivity contribution in [2.45, 2.75) is 19.3 Å². The maximum atomic E-state index is 11.9. The lowest BCUT2D eigenvalue weighted by Gasteiger charge is -2.09. The lowest BCUT2D eigenvalue weighted by atomic mass is 10.2. The number of aliphatic carboxylic acids is 1. The Bertz CT molecular complexity index is 462. The van der Waals surface area contributed by atoms with Crippen LogP contribution in [-0.2, 0) is 4.79 Å². The molecule has 0 aliphatic heterocycles. The van der Waals surface area contributed by atoms with Gasteiger partial charge in [-0.1, -0.05) is 15.9 Å². The number of amides is 1. The highest BCUT2D eigenvalue weighted by molar-refractivity contribution is 9.10. The fourth-order valence-corrected chi connectivity index (χ4v) is 1.89. The number of benzene rings is 1. The molecule has 0 aromatic heterocycles. The molecule has 0 saturated heterocycles. The van der Waals surface area contributed by atoms with E-state index in [9.17, 15) is 9.59 Å². The van der Waals surface area contributed by atoms with Crippen molar-refractivity contribution >= 4 is 27.8 Å². The van der Waals surface area contributed by atoms with Gasteiger partial charge in [0.15, 0.2) is 0 Å². The molecule has 1 aromatic carbocycles. The third kappa shape index (κ3) is 5.30. The Labute approximate surface area is 120 Å². The molecule has 0 spiro atoms. The summed E-state index contributed by atoms with van der Waals surface area (Å²) in [7, 11) is 1.51. The van der Waals surface area contributed by atoms with E-state index in [1.165, 1.54) is 7.11 Å². The average Bonchev–Trinajstić information content (AvgIpc) is 2.37. The molecular weight excluding hydrogens is 314 g/mol. The van der Waals surface area contributed by atoms with Gasteiger partial charge in [-0.05, 0) is 31.0 Å². The molecule has 6 heteroatoms.